The van der Waals surface area contributed by atoms with Gasteiger partial charge in [-0.3, -0.25) is 4.79 Å². The van der Waals surface area contributed by atoms with Crippen molar-refractivity contribution in [2.75, 3.05) is 17.2 Å². The second kappa shape index (κ2) is 8.59. The predicted octanol–water partition coefficient (Wildman–Crippen LogP) is 3.87. The molecule has 27 heavy (non-hydrogen) atoms. The first-order chi connectivity index (χ1) is 13.0. The lowest BCUT2D eigenvalue weighted by molar-refractivity contribution is -0.115. The Hall–Kier alpha value is -3.00. The number of nitrogens with one attached hydrogen (secondary N) is 2. The Morgan fingerprint density at radius 2 is 1.89 bits per heavy atom. The third-order valence-corrected chi connectivity index (χ3v) is 4.36. The number of anilines is 3. The SMILES string of the molecule is CCOc1ccccc1NC(=O)Cc1csc(Nc2nc(C)cc(C)n2)n1. The van der Waals surface area contributed by atoms with Crippen LogP contribution in [0.1, 0.15) is 24.0 Å². The van der Waals surface area contributed by atoms with Gasteiger partial charge in [-0.25, -0.2) is 15.0 Å². The summed E-state index contributed by atoms with van der Waals surface area (Å²) in [5.41, 5.74) is 3.10. The van der Waals surface area contributed by atoms with Crippen LogP contribution >= 0.6 is 11.3 Å². The summed E-state index contributed by atoms with van der Waals surface area (Å²) in [6.07, 6.45) is 0.173. The minimum Gasteiger partial charge on any atom is -0.492 e. The number of amides is 1. The van der Waals surface area contributed by atoms with Gasteiger partial charge < -0.3 is 15.4 Å². The van der Waals surface area contributed by atoms with E-state index in [1.807, 2.05) is 56.5 Å². The van der Waals surface area contributed by atoms with Gasteiger partial charge in [0.05, 0.1) is 24.4 Å². The van der Waals surface area contributed by atoms with Gasteiger partial charge in [0.1, 0.15) is 5.75 Å². The van der Waals surface area contributed by atoms with E-state index in [-0.39, 0.29) is 12.3 Å². The smallest absolute Gasteiger partial charge is 0.230 e. The maximum absolute atomic E-state index is 12.3. The Bertz CT molecular complexity index is 921. The van der Waals surface area contributed by atoms with Crippen LogP contribution in [0.4, 0.5) is 16.8 Å². The van der Waals surface area contributed by atoms with Crippen molar-refractivity contribution in [1.29, 1.82) is 0 Å². The lowest BCUT2D eigenvalue weighted by Gasteiger charge is -2.10. The van der Waals surface area contributed by atoms with E-state index in [4.69, 9.17) is 4.74 Å². The number of hydrogen-bond donors (Lipinski definition) is 2. The Balaban J connectivity index is 1.63. The van der Waals surface area contributed by atoms with Gasteiger partial charge in [0.2, 0.25) is 11.9 Å². The van der Waals surface area contributed by atoms with E-state index in [2.05, 4.69) is 25.6 Å². The van der Waals surface area contributed by atoms with Crippen LogP contribution < -0.4 is 15.4 Å². The molecule has 3 rings (SSSR count). The first kappa shape index (κ1) is 18.8. The average Bonchev–Trinajstić information content (AvgIpc) is 3.02. The summed E-state index contributed by atoms with van der Waals surface area (Å²) in [7, 11) is 0. The topological polar surface area (TPSA) is 89.0 Å². The molecular weight excluding hydrogens is 362 g/mol. The summed E-state index contributed by atoms with van der Waals surface area (Å²) in [5.74, 6) is 1.01. The first-order valence-electron chi connectivity index (χ1n) is 8.59. The zero-order valence-corrected chi connectivity index (χ0v) is 16.3. The van der Waals surface area contributed by atoms with Crippen molar-refractivity contribution in [3.8, 4) is 5.75 Å². The normalized spacial score (nSPS) is 10.5. The molecule has 140 valence electrons. The summed E-state index contributed by atoms with van der Waals surface area (Å²) in [6, 6.07) is 9.27. The number of ether oxygens (including phenoxy) is 1. The number of nitrogens with zero attached hydrogens (tertiary/aromatic N) is 3. The molecule has 0 spiro atoms. The fourth-order valence-electron chi connectivity index (χ4n) is 2.53. The molecule has 3 aromatic rings. The number of thiazole rings is 1. The van der Waals surface area contributed by atoms with Crippen molar-refractivity contribution in [3.63, 3.8) is 0 Å². The minimum atomic E-state index is -0.151. The number of rotatable bonds is 7. The number of carbonyl (C=O) groups is 1. The molecule has 2 N–H and O–H groups in total. The monoisotopic (exact) mass is 383 g/mol. The summed E-state index contributed by atoms with van der Waals surface area (Å²) >= 11 is 1.41. The summed E-state index contributed by atoms with van der Waals surface area (Å²) in [6.45, 7) is 6.27. The fourth-order valence-corrected chi connectivity index (χ4v) is 3.24. The Morgan fingerprint density at radius 1 is 1.15 bits per heavy atom. The average molecular weight is 383 g/mol. The highest BCUT2D eigenvalue weighted by Gasteiger charge is 2.11. The van der Waals surface area contributed by atoms with Crippen molar-refractivity contribution >= 4 is 34.0 Å². The number of para-hydroxylation sites is 2. The molecule has 0 saturated carbocycles. The minimum absolute atomic E-state index is 0.151. The largest absolute Gasteiger partial charge is 0.492 e. The zero-order valence-electron chi connectivity index (χ0n) is 15.4. The van der Waals surface area contributed by atoms with Gasteiger partial charge in [-0.15, -0.1) is 11.3 Å². The van der Waals surface area contributed by atoms with Gasteiger partial charge in [-0.05, 0) is 39.0 Å². The van der Waals surface area contributed by atoms with E-state index in [0.29, 0.717) is 34.8 Å². The fraction of sp³-hybridized carbons (Fsp3) is 0.263. The molecule has 0 aliphatic carbocycles. The van der Waals surface area contributed by atoms with Crippen molar-refractivity contribution < 1.29 is 9.53 Å². The zero-order chi connectivity index (χ0) is 19.2. The molecule has 0 fully saturated rings. The van der Waals surface area contributed by atoms with E-state index in [1.54, 1.807) is 0 Å². The third-order valence-electron chi connectivity index (χ3n) is 3.56. The number of benzene rings is 1. The van der Waals surface area contributed by atoms with Crippen LogP contribution in [0.2, 0.25) is 0 Å². The van der Waals surface area contributed by atoms with Crippen LogP contribution in [0, 0.1) is 13.8 Å². The van der Waals surface area contributed by atoms with E-state index >= 15 is 0 Å². The molecule has 8 heteroatoms. The summed E-state index contributed by atoms with van der Waals surface area (Å²) in [5, 5.41) is 8.46. The number of hydrogen-bond acceptors (Lipinski definition) is 7. The maximum Gasteiger partial charge on any atom is 0.230 e. The standard InChI is InChI=1S/C19H21N5O2S/c1-4-26-16-8-6-5-7-15(16)23-17(25)10-14-11-27-19(22-14)24-18-20-12(2)9-13(3)21-18/h5-9,11H,4,10H2,1-3H3,(H,23,25)(H,20,21,22,24). The van der Waals surface area contributed by atoms with E-state index < -0.39 is 0 Å². The molecule has 1 amide bonds. The van der Waals surface area contributed by atoms with Crippen LogP contribution in [0.3, 0.4) is 0 Å². The molecule has 0 radical (unpaired) electrons. The molecule has 2 heterocycles. The van der Waals surface area contributed by atoms with E-state index in [1.165, 1.54) is 11.3 Å². The highest BCUT2D eigenvalue weighted by molar-refractivity contribution is 7.13. The lowest BCUT2D eigenvalue weighted by atomic mass is 10.2. The number of aromatic nitrogens is 3. The van der Waals surface area contributed by atoms with Crippen LogP contribution in [-0.2, 0) is 11.2 Å². The number of aryl methyl sites for hydroxylation is 2. The second-order valence-electron chi connectivity index (χ2n) is 5.90. The maximum atomic E-state index is 12.3. The molecule has 0 unspecified atom stereocenters. The van der Waals surface area contributed by atoms with Gasteiger partial charge >= 0.3 is 0 Å². The van der Waals surface area contributed by atoms with Crippen molar-refractivity contribution in [2.24, 2.45) is 0 Å². The summed E-state index contributed by atoms with van der Waals surface area (Å²) < 4.78 is 5.53. The first-order valence-corrected chi connectivity index (χ1v) is 9.47. The Morgan fingerprint density at radius 3 is 2.63 bits per heavy atom. The van der Waals surface area contributed by atoms with Gasteiger partial charge in [-0.1, -0.05) is 12.1 Å². The molecule has 1 aromatic carbocycles. The second-order valence-corrected chi connectivity index (χ2v) is 6.76. The molecule has 0 atom stereocenters. The van der Waals surface area contributed by atoms with Gasteiger partial charge in [0.25, 0.3) is 0 Å². The van der Waals surface area contributed by atoms with Crippen molar-refractivity contribution in [3.05, 3.63) is 52.8 Å². The lowest BCUT2D eigenvalue weighted by Crippen LogP contribution is -2.15. The highest BCUT2D eigenvalue weighted by atomic mass is 32.1. The Kier molecular flexibility index (Phi) is 5.97. The molecule has 2 aromatic heterocycles. The van der Waals surface area contributed by atoms with Gasteiger partial charge in [0, 0.05) is 16.8 Å². The van der Waals surface area contributed by atoms with Crippen molar-refractivity contribution in [1.82, 2.24) is 15.0 Å². The molecule has 7 nitrogen and oxygen atoms in total. The molecule has 0 bridgehead atoms. The predicted molar refractivity (Wildman–Crippen MR) is 107 cm³/mol. The number of carbonyl (C=O) groups excluding carboxylic acids is 1. The van der Waals surface area contributed by atoms with Gasteiger partial charge in [0.15, 0.2) is 5.13 Å². The molecule has 0 saturated heterocycles. The third kappa shape index (κ3) is 5.24. The van der Waals surface area contributed by atoms with Crippen LogP contribution in [-0.4, -0.2) is 27.5 Å². The quantitative estimate of drug-likeness (QED) is 0.644. The molecule has 0 aliphatic heterocycles. The van der Waals surface area contributed by atoms with Crippen LogP contribution in [0.15, 0.2) is 35.7 Å². The Labute approximate surface area is 161 Å². The molecular formula is C19H21N5O2S. The van der Waals surface area contributed by atoms with Gasteiger partial charge in [-0.2, -0.15) is 0 Å². The highest BCUT2D eigenvalue weighted by Crippen LogP contribution is 2.24. The van der Waals surface area contributed by atoms with Crippen LogP contribution in [0.25, 0.3) is 0 Å². The summed E-state index contributed by atoms with van der Waals surface area (Å²) in [4.78, 5) is 25.5. The van der Waals surface area contributed by atoms with Crippen molar-refractivity contribution in [2.45, 2.75) is 27.2 Å². The van der Waals surface area contributed by atoms with E-state index in [0.717, 1.165) is 11.4 Å². The van der Waals surface area contributed by atoms with E-state index in [9.17, 15) is 4.79 Å². The molecule has 0 aliphatic rings. The van der Waals surface area contributed by atoms with Crippen LogP contribution in [0.5, 0.6) is 5.75 Å².